The number of hydrogen-bond donors (Lipinski definition) is 0. The number of aryl methyl sites for hydroxylation is 1. The molecule has 0 N–H and O–H groups in total. The van der Waals surface area contributed by atoms with Crippen molar-refractivity contribution in [3.05, 3.63) is 41.7 Å². The molecule has 2 aromatic rings. The molecule has 2 rings (SSSR count). The van der Waals surface area contributed by atoms with Crippen LogP contribution in [0.15, 0.2) is 30.5 Å². The summed E-state index contributed by atoms with van der Waals surface area (Å²) in [5.74, 6) is 0.584. The highest BCUT2D eigenvalue weighted by atomic mass is 19.3. The minimum Gasteiger partial charge on any atom is -0.275 e. The summed E-state index contributed by atoms with van der Waals surface area (Å²) in [6.07, 6.45) is 0.0834. The molecule has 0 saturated heterocycles. The van der Waals surface area contributed by atoms with Crippen LogP contribution in [-0.4, -0.2) is 9.78 Å². The predicted molar refractivity (Wildman–Crippen MR) is 72.1 cm³/mol. The molecule has 102 valence electrons. The molecule has 2 nitrogen and oxygen atoms in total. The summed E-state index contributed by atoms with van der Waals surface area (Å²) in [4.78, 5) is 0. The summed E-state index contributed by atoms with van der Waals surface area (Å²) >= 11 is 0. The minimum atomic E-state index is -2.55. The number of benzene rings is 1. The van der Waals surface area contributed by atoms with Gasteiger partial charge in [0.15, 0.2) is 0 Å². The Kier molecular flexibility index (Phi) is 3.98. The van der Waals surface area contributed by atoms with Gasteiger partial charge in [0.2, 0.25) is 0 Å². The van der Waals surface area contributed by atoms with E-state index in [-0.39, 0.29) is 5.69 Å². The Labute approximate surface area is 112 Å². The molecular formula is C15H18F2N2. The van der Waals surface area contributed by atoms with Crippen molar-refractivity contribution >= 4 is 0 Å². The highest BCUT2D eigenvalue weighted by molar-refractivity contribution is 5.65. The van der Waals surface area contributed by atoms with Crippen molar-refractivity contribution in [2.75, 3.05) is 0 Å². The number of nitrogens with zero attached hydrogens (tertiary/aromatic N) is 2. The Morgan fingerprint density at radius 2 is 1.79 bits per heavy atom. The highest BCUT2D eigenvalue weighted by Crippen LogP contribution is 2.30. The van der Waals surface area contributed by atoms with Gasteiger partial charge in [-0.1, -0.05) is 38.1 Å². The largest absolute Gasteiger partial charge is 0.282 e. The third-order valence-electron chi connectivity index (χ3n) is 2.97. The summed E-state index contributed by atoms with van der Waals surface area (Å²) in [7, 11) is 1.66. The third-order valence-corrected chi connectivity index (χ3v) is 2.97. The van der Waals surface area contributed by atoms with E-state index in [0.29, 0.717) is 11.5 Å². The predicted octanol–water partition coefficient (Wildman–Crippen LogP) is 4.22. The second-order valence-corrected chi connectivity index (χ2v) is 5.20. The molecule has 0 aliphatic heterocycles. The van der Waals surface area contributed by atoms with E-state index < -0.39 is 6.43 Å². The molecule has 0 saturated carbocycles. The Morgan fingerprint density at radius 3 is 2.32 bits per heavy atom. The number of aromatic nitrogens is 2. The molecule has 1 aromatic heterocycles. The molecule has 4 heteroatoms. The first-order valence-electron chi connectivity index (χ1n) is 6.38. The first-order chi connectivity index (χ1) is 8.97. The van der Waals surface area contributed by atoms with E-state index in [1.807, 2.05) is 24.3 Å². The standard InChI is InChI=1S/C15H18F2N2/c1-10(2)8-11-4-6-12(7-5-11)13-9-19(3)18-14(13)15(16)17/h4-7,9-10,15H,8H2,1-3H3. The lowest BCUT2D eigenvalue weighted by molar-refractivity contribution is 0.146. The van der Waals surface area contributed by atoms with Gasteiger partial charge < -0.3 is 0 Å². The van der Waals surface area contributed by atoms with Gasteiger partial charge in [0, 0.05) is 18.8 Å². The van der Waals surface area contributed by atoms with Gasteiger partial charge in [-0.05, 0) is 23.5 Å². The maximum Gasteiger partial charge on any atom is 0.282 e. The van der Waals surface area contributed by atoms with Crippen molar-refractivity contribution in [1.29, 1.82) is 0 Å². The van der Waals surface area contributed by atoms with Crippen molar-refractivity contribution in [1.82, 2.24) is 9.78 Å². The average molecular weight is 264 g/mol. The van der Waals surface area contributed by atoms with Gasteiger partial charge in [-0.3, -0.25) is 4.68 Å². The first-order valence-corrected chi connectivity index (χ1v) is 6.38. The summed E-state index contributed by atoms with van der Waals surface area (Å²) < 4.78 is 27.2. The third kappa shape index (κ3) is 3.19. The van der Waals surface area contributed by atoms with Gasteiger partial charge in [-0.25, -0.2) is 8.78 Å². The molecule has 1 heterocycles. The molecule has 0 aliphatic carbocycles. The smallest absolute Gasteiger partial charge is 0.275 e. The van der Waals surface area contributed by atoms with Crippen LogP contribution in [0.25, 0.3) is 11.1 Å². The van der Waals surface area contributed by atoms with E-state index in [2.05, 4.69) is 18.9 Å². The number of halogens is 2. The van der Waals surface area contributed by atoms with Gasteiger partial charge in [0.1, 0.15) is 5.69 Å². The van der Waals surface area contributed by atoms with Crippen molar-refractivity contribution < 1.29 is 8.78 Å². The van der Waals surface area contributed by atoms with Crippen molar-refractivity contribution in [3.63, 3.8) is 0 Å². The van der Waals surface area contributed by atoms with Crippen LogP contribution in [0.5, 0.6) is 0 Å². The van der Waals surface area contributed by atoms with Crippen LogP contribution in [0.3, 0.4) is 0 Å². The molecule has 0 radical (unpaired) electrons. The molecule has 1 aromatic carbocycles. The van der Waals surface area contributed by atoms with Crippen LogP contribution in [-0.2, 0) is 13.5 Å². The van der Waals surface area contributed by atoms with Gasteiger partial charge >= 0.3 is 0 Å². The lowest BCUT2D eigenvalue weighted by atomic mass is 9.99. The van der Waals surface area contributed by atoms with Crippen molar-refractivity contribution in [3.8, 4) is 11.1 Å². The second-order valence-electron chi connectivity index (χ2n) is 5.20. The Morgan fingerprint density at radius 1 is 1.16 bits per heavy atom. The van der Waals surface area contributed by atoms with Gasteiger partial charge in [-0.15, -0.1) is 0 Å². The van der Waals surface area contributed by atoms with Crippen LogP contribution in [0.1, 0.15) is 31.5 Å². The molecule has 0 amide bonds. The SMILES string of the molecule is CC(C)Cc1ccc(-c2cn(C)nc2C(F)F)cc1. The fraction of sp³-hybridized carbons (Fsp3) is 0.400. The van der Waals surface area contributed by atoms with Gasteiger partial charge in [0.25, 0.3) is 6.43 Å². The zero-order chi connectivity index (χ0) is 14.0. The van der Waals surface area contributed by atoms with Crippen LogP contribution in [0, 0.1) is 5.92 Å². The zero-order valence-corrected chi connectivity index (χ0v) is 11.4. The zero-order valence-electron chi connectivity index (χ0n) is 11.4. The summed E-state index contributed by atoms with van der Waals surface area (Å²) in [5.41, 5.74) is 2.37. The summed E-state index contributed by atoms with van der Waals surface area (Å²) in [6, 6.07) is 7.77. The van der Waals surface area contributed by atoms with Crippen LogP contribution < -0.4 is 0 Å². The van der Waals surface area contributed by atoms with Gasteiger partial charge in [0.05, 0.1) is 0 Å². The molecule has 0 unspecified atom stereocenters. The quantitative estimate of drug-likeness (QED) is 0.808. The topological polar surface area (TPSA) is 17.8 Å². The Balaban J connectivity index is 2.32. The van der Waals surface area contributed by atoms with E-state index in [9.17, 15) is 8.78 Å². The molecule has 19 heavy (non-hydrogen) atoms. The number of hydrogen-bond acceptors (Lipinski definition) is 1. The Hall–Kier alpha value is -1.71. The molecule has 0 spiro atoms. The van der Waals surface area contributed by atoms with E-state index in [4.69, 9.17) is 0 Å². The minimum absolute atomic E-state index is 0.154. The normalized spacial score (nSPS) is 11.5. The summed E-state index contributed by atoms with van der Waals surface area (Å²) in [6.45, 7) is 4.31. The van der Waals surface area contributed by atoms with Gasteiger partial charge in [-0.2, -0.15) is 5.10 Å². The van der Waals surface area contributed by atoms with Crippen LogP contribution >= 0.6 is 0 Å². The molecule has 0 bridgehead atoms. The molecule has 0 fully saturated rings. The van der Waals surface area contributed by atoms with Crippen LogP contribution in [0.4, 0.5) is 8.78 Å². The highest BCUT2D eigenvalue weighted by Gasteiger charge is 2.18. The second kappa shape index (κ2) is 5.51. The molecule has 0 aliphatic rings. The van der Waals surface area contributed by atoms with E-state index in [1.165, 1.54) is 10.2 Å². The van der Waals surface area contributed by atoms with E-state index in [1.54, 1.807) is 13.2 Å². The molecular weight excluding hydrogens is 246 g/mol. The van der Waals surface area contributed by atoms with Crippen molar-refractivity contribution in [2.45, 2.75) is 26.7 Å². The number of alkyl halides is 2. The lowest BCUT2D eigenvalue weighted by Gasteiger charge is -2.06. The summed E-state index contributed by atoms with van der Waals surface area (Å²) in [5, 5.41) is 3.82. The maximum atomic E-state index is 12.9. The maximum absolute atomic E-state index is 12.9. The molecule has 0 atom stereocenters. The number of rotatable bonds is 4. The first kappa shape index (κ1) is 13.7. The fourth-order valence-electron chi connectivity index (χ4n) is 2.18. The Bertz CT molecular complexity index is 542. The van der Waals surface area contributed by atoms with Crippen LogP contribution in [0.2, 0.25) is 0 Å². The average Bonchev–Trinajstić information content (AvgIpc) is 2.72. The van der Waals surface area contributed by atoms with E-state index in [0.717, 1.165) is 12.0 Å². The lowest BCUT2D eigenvalue weighted by Crippen LogP contribution is -1.94. The van der Waals surface area contributed by atoms with Crippen molar-refractivity contribution in [2.24, 2.45) is 13.0 Å². The monoisotopic (exact) mass is 264 g/mol. The fourth-order valence-corrected chi connectivity index (χ4v) is 2.18. The van der Waals surface area contributed by atoms with E-state index >= 15 is 0 Å².